The summed E-state index contributed by atoms with van der Waals surface area (Å²) < 4.78 is 0. The molecule has 2 aromatic carbocycles. The number of aryl methyl sites for hydroxylation is 1. The monoisotopic (exact) mass is 300 g/mol. The van der Waals surface area contributed by atoms with Crippen LogP contribution in [-0.2, 0) is 17.6 Å². The van der Waals surface area contributed by atoms with E-state index in [4.69, 9.17) is 17.3 Å². The van der Waals surface area contributed by atoms with Gasteiger partial charge in [0.05, 0.1) is 0 Å². The fourth-order valence-corrected chi connectivity index (χ4v) is 2.88. The third-order valence-electron chi connectivity index (χ3n) is 3.80. The second-order valence-electron chi connectivity index (χ2n) is 5.41. The van der Waals surface area contributed by atoms with E-state index in [2.05, 4.69) is 11.4 Å². The van der Waals surface area contributed by atoms with Gasteiger partial charge in [-0.3, -0.25) is 4.79 Å². The van der Waals surface area contributed by atoms with Crippen molar-refractivity contribution in [3.8, 4) is 0 Å². The van der Waals surface area contributed by atoms with Gasteiger partial charge in [-0.2, -0.15) is 0 Å². The Morgan fingerprint density at radius 3 is 2.86 bits per heavy atom. The second-order valence-corrected chi connectivity index (χ2v) is 5.84. The zero-order chi connectivity index (χ0) is 14.8. The van der Waals surface area contributed by atoms with E-state index in [0.717, 1.165) is 40.2 Å². The van der Waals surface area contributed by atoms with Gasteiger partial charge in [0.25, 0.3) is 0 Å². The van der Waals surface area contributed by atoms with Gasteiger partial charge >= 0.3 is 0 Å². The molecule has 0 fully saturated rings. The molecular formula is C17H17ClN2O. The summed E-state index contributed by atoms with van der Waals surface area (Å²) in [5, 5.41) is 3.62. The van der Waals surface area contributed by atoms with Gasteiger partial charge in [0.1, 0.15) is 0 Å². The van der Waals surface area contributed by atoms with Crippen molar-refractivity contribution in [2.75, 3.05) is 5.32 Å². The first-order chi connectivity index (χ1) is 10.1. The first-order valence-electron chi connectivity index (χ1n) is 7.04. The van der Waals surface area contributed by atoms with Crippen LogP contribution in [0, 0.1) is 0 Å². The first kappa shape index (κ1) is 14.1. The van der Waals surface area contributed by atoms with E-state index in [9.17, 15) is 4.79 Å². The highest BCUT2D eigenvalue weighted by atomic mass is 35.5. The Balaban J connectivity index is 1.79. The van der Waals surface area contributed by atoms with Crippen LogP contribution in [0.5, 0.6) is 0 Å². The number of nitrogens with one attached hydrogen (secondary N) is 1. The Morgan fingerprint density at radius 2 is 2.05 bits per heavy atom. The normalized spacial score (nSPS) is 15.2. The number of halogens is 1. The molecule has 0 spiro atoms. The molecule has 0 aromatic heterocycles. The Morgan fingerprint density at radius 1 is 1.19 bits per heavy atom. The smallest absolute Gasteiger partial charge is 0.224 e. The molecule has 1 heterocycles. The molecule has 3 nitrogen and oxygen atoms in total. The van der Waals surface area contributed by atoms with Crippen LogP contribution in [0.4, 0.5) is 5.69 Å². The molecular weight excluding hydrogens is 284 g/mol. The molecule has 0 bridgehead atoms. The highest BCUT2D eigenvalue weighted by Crippen LogP contribution is 2.27. The topological polar surface area (TPSA) is 55.1 Å². The molecule has 4 heteroatoms. The molecule has 0 saturated carbocycles. The van der Waals surface area contributed by atoms with Gasteiger partial charge in [-0.1, -0.05) is 35.9 Å². The molecule has 0 saturated heterocycles. The molecule has 21 heavy (non-hydrogen) atoms. The summed E-state index contributed by atoms with van der Waals surface area (Å²) in [6.45, 7) is 0. The number of carbonyl (C=O) groups excluding carboxylic acids is 1. The number of benzene rings is 2. The average molecular weight is 301 g/mol. The van der Waals surface area contributed by atoms with Crippen LogP contribution in [-0.4, -0.2) is 5.91 Å². The van der Waals surface area contributed by atoms with Gasteiger partial charge in [0.15, 0.2) is 0 Å². The number of hydrogen-bond donors (Lipinski definition) is 2. The first-order valence-corrected chi connectivity index (χ1v) is 7.42. The molecule has 0 radical (unpaired) electrons. The van der Waals surface area contributed by atoms with Crippen molar-refractivity contribution in [3.63, 3.8) is 0 Å². The fourth-order valence-electron chi connectivity index (χ4n) is 2.67. The molecule has 0 aliphatic carbocycles. The standard InChI is InChI=1S/C17H17ClN2O/c18-14-3-1-2-11(8-14)9-15(19)12-4-6-16-13(10-12)5-7-17(21)20-16/h1-4,6,8,10,15H,5,7,9,19H2,(H,20,21). The number of anilines is 1. The van der Waals surface area contributed by atoms with E-state index in [1.54, 1.807) is 0 Å². The summed E-state index contributed by atoms with van der Waals surface area (Å²) in [5.74, 6) is 0.0819. The minimum absolute atomic E-state index is 0.0774. The molecule has 1 unspecified atom stereocenters. The van der Waals surface area contributed by atoms with Crippen molar-refractivity contribution in [2.24, 2.45) is 5.73 Å². The second kappa shape index (κ2) is 5.88. The number of nitrogens with two attached hydrogens (primary N) is 1. The Labute approximate surface area is 129 Å². The van der Waals surface area contributed by atoms with Gasteiger partial charge in [0, 0.05) is 23.2 Å². The predicted octanol–water partition coefficient (Wildman–Crippen LogP) is 3.47. The largest absolute Gasteiger partial charge is 0.326 e. The third kappa shape index (κ3) is 3.26. The van der Waals surface area contributed by atoms with Gasteiger partial charge < -0.3 is 11.1 Å². The summed E-state index contributed by atoms with van der Waals surface area (Å²) in [6, 6.07) is 13.7. The lowest BCUT2D eigenvalue weighted by Gasteiger charge is -2.20. The van der Waals surface area contributed by atoms with E-state index in [1.807, 2.05) is 36.4 Å². The summed E-state index contributed by atoms with van der Waals surface area (Å²) >= 11 is 6.00. The van der Waals surface area contributed by atoms with E-state index in [-0.39, 0.29) is 11.9 Å². The van der Waals surface area contributed by atoms with Crippen molar-refractivity contribution >= 4 is 23.2 Å². The Hall–Kier alpha value is -1.84. The van der Waals surface area contributed by atoms with Crippen LogP contribution in [0.2, 0.25) is 5.02 Å². The van der Waals surface area contributed by atoms with Crippen LogP contribution in [0.1, 0.15) is 29.2 Å². The molecule has 2 aromatic rings. The quantitative estimate of drug-likeness (QED) is 0.912. The molecule has 108 valence electrons. The number of amides is 1. The SMILES string of the molecule is NC(Cc1cccc(Cl)c1)c1ccc2c(c1)CCC(=O)N2. The zero-order valence-corrected chi connectivity index (χ0v) is 12.4. The number of fused-ring (bicyclic) bond motifs is 1. The summed E-state index contributed by atoms with van der Waals surface area (Å²) in [6.07, 6.45) is 2.06. The van der Waals surface area contributed by atoms with Crippen LogP contribution in [0.15, 0.2) is 42.5 Å². The van der Waals surface area contributed by atoms with Crippen molar-refractivity contribution < 1.29 is 4.79 Å². The molecule has 1 atom stereocenters. The minimum Gasteiger partial charge on any atom is -0.326 e. The maximum atomic E-state index is 11.4. The van der Waals surface area contributed by atoms with Crippen molar-refractivity contribution in [1.82, 2.24) is 0 Å². The molecule has 1 aliphatic heterocycles. The minimum atomic E-state index is -0.0774. The van der Waals surface area contributed by atoms with Gasteiger partial charge in [-0.15, -0.1) is 0 Å². The maximum absolute atomic E-state index is 11.4. The van der Waals surface area contributed by atoms with Crippen LogP contribution >= 0.6 is 11.6 Å². The van der Waals surface area contributed by atoms with Crippen molar-refractivity contribution in [1.29, 1.82) is 0 Å². The maximum Gasteiger partial charge on any atom is 0.224 e. The van der Waals surface area contributed by atoms with E-state index in [0.29, 0.717) is 6.42 Å². The van der Waals surface area contributed by atoms with Gasteiger partial charge in [0.2, 0.25) is 5.91 Å². The van der Waals surface area contributed by atoms with Crippen molar-refractivity contribution in [2.45, 2.75) is 25.3 Å². The third-order valence-corrected chi connectivity index (χ3v) is 4.03. The highest BCUT2D eigenvalue weighted by molar-refractivity contribution is 6.30. The van der Waals surface area contributed by atoms with E-state index >= 15 is 0 Å². The zero-order valence-electron chi connectivity index (χ0n) is 11.6. The lowest BCUT2D eigenvalue weighted by molar-refractivity contribution is -0.116. The van der Waals surface area contributed by atoms with Gasteiger partial charge in [-0.25, -0.2) is 0 Å². The van der Waals surface area contributed by atoms with Crippen LogP contribution < -0.4 is 11.1 Å². The number of hydrogen-bond acceptors (Lipinski definition) is 2. The van der Waals surface area contributed by atoms with Crippen LogP contribution in [0.3, 0.4) is 0 Å². The summed E-state index contributed by atoms with van der Waals surface area (Å²) in [5.41, 5.74) is 10.6. The molecule has 1 amide bonds. The molecule has 3 N–H and O–H groups in total. The van der Waals surface area contributed by atoms with Crippen LogP contribution in [0.25, 0.3) is 0 Å². The average Bonchev–Trinajstić information content (AvgIpc) is 2.46. The lowest BCUT2D eigenvalue weighted by Crippen LogP contribution is -2.20. The fraction of sp³-hybridized carbons (Fsp3) is 0.235. The van der Waals surface area contributed by atoms with Gasteiger partial charge in [-0.05, 0) is 47.7 Å². The molecule has 3 rings (SSSR count). The summed E-state index contributed by atoms with van der Waals surface area (Å²) in [4.78, 5) is 11.4. The molecule has 1 aliphatic rings. The van der Waals surface area contributed by atoms with Crippen molar-refractivity contribution in [3.05, 3.63) is 64.2 Å². The predicted molar refractivity (Wildman–Crippen MR) is 85.5 cm³/mol. The highest BCUT2D eigenvalue weighted by Gasteiger charge is 2.16. The lowest BCUT2D eigenvalue weighted by atomic mass is 9.94. The summed E-state index contributed by atoms with van der Waals surface area (Å²) in [7, 11) is 0. The van der Waals surface area contributed by atoms with E-state index in [1.165, 1.54) is 0 Å². The number of rotatable bonds is 3. The van der Waals surface area contributed by atoms with E-state index < -0.39 is 0 Å². The number of carbonyl (C=O) groups is 1. The Kier molecular flexibility index (Phi) is 3.95. The Bertz CT molecular complexity index is 684.